The van der Waals surface area contributed by atoms with E-state index in [0.717, 1.165) is 18.2 Å². The number of hydrogen-bond acceptors (Lipinski definition) is 9. The average Bonchev–Trinajstić information content (AvgIpc) is 3.47. The number of nitrogen functional groups attached to an aromatic ring is 1. The number of likely N-dealkylation sites (tertiary alicyclic amines) is 1. The summed E-state index contributed by atoms with van der Waals surface area (Å²) in [5.74, 6) is -0.165. The summed E-state index contributed by atoms with van der Waals surface area (Å²) in [4.78, 5) is 17.8. The largest absolute Gasteiger partial charge is 0.472 e. The Hall–Kier alpha value is -4.34. The molecule has 4 aliphatic rings. The second-order valence-electron chi connectivity index (χ2n) is 12.7. The topological polar surface area (TPSA) is 102 Å². The van der Waals surface area contributed by atoms with Gasteiger partial charge in [0.25, 0.3) is 5.92 Å². The lowest BCUT2D eigenvalue weighted by atomic mass is 9.96. The van der Waals surface area contributed by atoms with Crippen molar-refractivity contribution < 1.29 is 22.6 Å². The molecule has 2 bridgehead atoms. The summed E-state index contributed by atoms with van der Waals surface area (Å²) in [6.45, 7) is 2.18. The van der Waals surface area contributed by atoms with Gasteiger partial charge in [-0.2, -0.15) is 9.97 Å². The number of nitrogens with two attached hydrogens (primary N) is 1. The fraction of sp³-hybridized carbons (Fsp3) is 0.424. The summed E-state index contributed by atoms with van der Waals surface area (Å²) in [7, 11) is 1.63. The molecule has 0 radical (unpaired) electrons. The van der Waals surface area contributed by atoms with Gasteiger partial charge in [0, 0.05) is 53.3 Å². The second kappa shape index (κ2) is 10.1. The molecule has 8 rings (SSSR count). The number of rotatable bonds is 4. The van der Waals surface area contributed by atoms with Gasteiger partial charge in [0.05, 0.1) is 12.6 Å². The zero-order valence-corrected chi connectivity index (χ0v) is 24.9. The lowest BCUT2D eigenvalue weighted by Crippen LogP contribution is -2.62. The maximum atomic E-state index is 17.0. The molecule has 0 saturated carbocycles. The Morgan fingerprint density at radius 2 is 2.04 bits per heavy atom. The van der Waals surface area contributed by atoms with Gasteiger partial charge in [-0.15, -0.1) is 6.42 Å². The van der Waals surface area contributed by atoms with Crippen LogP contribution in [0.1, 0.15) is 31.7 Å². The number of aromatic nitrogens is 3. The van der Waals surface area contributed by atoms with Crippen LogP contribution in [0, 0.1) is 18.2 Å². The molecule has 45 heavy (non-hydrogen) atoms. The van der Waals surface area contributed by atoms with Crippen LogP contribution in [0.5, 0.6) is 11.9 Å². The Bertz CT molecular complexity index is 1910. The second-order valence-corrected chi connectivity index (χ2v) is 12.7. The fourth-order valence-electron chi connectivity index (χ4n) is 7.71. The number of nitrogens with one attached hydrogen (secondary N) is 1. The van der Waals surface area contributed by atoms with E-state index < -0.39 is 17.8 Å². The van der Waals surface area contributed by atoms with Crippen LogP contribution in [0.2, 0.25) is 0 Å². The van der Waals surface area contributed by atoms with E-state index in [1.807, 2.05) is 19.1 Å². The first-order valence-electron chi connectivity index (χ1n) is 15.2. The van der Waals surface area contributed by atoms with Gasteiger partial charge in [-0.05, 0) is 50.4 Å². The van der Waals surface area contributed by atoms with Crippen LogP contribution in [0.15, 0.2) is 30.3 Å². The molecule has 3 saturated heterocycles. The molecular formula is C33H32F3N7O2. The minimum atomic E-state index is -2.81. The molecule has 12 heteroatoms. The number of halogens is 3. The lowest BCUT2D eigenvalue weighted by Gasteiger charge is -2.42. The monoisotopic (exact) mass is 615 g/mol. The van der Waals surface area contributed by atoms with Gasteiger partial charge in [-0.1, -0.05) is 18.1 Å². The van der Waals surface area contributed by atoms with Crippen LogP contribution in [-0.2, 0) is 0 Å². The van der Waals surface area contributed by atoms with Crippen LogP contribution in [0.3, 0.4) is 0 Å². The third kappa shape index (κ3) is 4.51. The SMILES string of the molecule is C#Cc1cccc2cc(N)cc(-c3nc4c5c(nc(OC[C@@H]6CC(F)(F)CN6C)nc5c3F)N3C[C@H]5CC[C@H](N5)[C@H]3[C@H](C)O4)c12. The van der Waals surface area contributed by atoms with Gasteiger partial charge in [0.2, 0.25) is 5.88 Å². The molecule has 4 aromatic rings. The third-order valence-electron chi connectivity index (χ3n) is 9.68. The summed E-state index contributed by atoms with van der Waals surface area (Å²) < 4.78 is 57.8. The smallest absolute Gasteiger partial charge is 0.319 e. The molecular weight excluding hydrogens is 583 g/mol. The predicted octanol–water partition coefficient (Wildman–Crippen LogP) is 4.36. The number of fused-ring (bicyclic) bond motifs is 6. The van der Waals surface area contributed by atoms with Crippen LogP contribution >= 0.6 is 0 Å². The van der Waals surface area contributed by atoms with Crippen molar-refractivity contribution in [1.29, 1.82) is 0 Å². The summed E-state index contributed by atoms with van der Waals surface area (Å²) in [6, 6.07) is 8.51. The molecule has 3 N–H and O–H groups in total. The highest BCUT2D eigenvalue weighted by atomic mass is 19.3. The maximum absolute atomic E-state index is 17.0. The van der Waals surface area contributed by atoms with E-state index >= 15 is 4.39 Å². The molecule has 232 valence electrons. The third-order valence-corrected chi connectivity index (χ3v) is 9.68. The van der Waals surface area contributed by atoms with Gasteiger partial charge in [0.15, 0.2) is 5.82 Å². The fourth-order valence-corrected chi connectivity index (χ4v) is 7.71. The van der Waals surface area contributed by atoms with Crippen molar-refractivity contribution in [2.45, 2.75) is 62.4 Å². The van der Waals surface area contributed by atoms with Crippen LogP contribution < -0.4 is 25.4 Å². The van der Waals surface area contributed by atoms with Gasteiger partial charge >= 0.3 is 6.01 Å². The van der Waals surface area contributed by atoms with E-state index in [1.54, 1.807) is 30.1 Å². The summed E-state index contributed by atoms with van der Waals surface area (Å²) in [5, 5.41) is 5.40. The number of benzene rings is 2. The summed E-state index contributed by atoms with van der Waals surface area (Å²) >= 11 is 0. The van der Waals surface area contributed by atoms with E-state index in [-0.39, 0.29) is 66.9 Å². The van der Waals surface area contributed by atoms with Crippen LogP contribution in [0.4, 0.5) is 24.7 Å². The van der Waals surface area contributed by atoms with Crippen molar-refractivity contribution in [2.75, 3.05) is 37.4 Å². The molecule has 2 aromatic carbocycles. The number of pyridine rings is 1. The van der Waals surface area contributed by atoms with Crippen LogP contribution in [0.25, 0.3) is 32.9 Å². The number of terminal acetylenes is 1. The molecule has 9 nitrogen and oxygen atoms in total. The quantitative estimate of drug-likeness (QED) is 0.256. The Labute approximate surface area is 257 Å². The van der Waals surface area contributed by atoms with E-state index in [9.17, 15) is 8.78 Å². The number of likely N-dealkylation sites (N-methyl/N-ethyl adjacent to an activating group) is 1. The van der Waals surface area contributed by atoms with E-state index in [2.05, 4.69) is 21.1 Å². The highest BCUT2D eigenvalue weighted by Gasteiger charge is 2.47. The minimum absolute atomic E-state index is 0.0185. The first kappa shape index (κ1) is 28.2. The first-order valence-corrected chi connectivity index (χ1v) is 15.2. The molecule has 0 aliphatic carbocycles. The zero-order valence-electron chi connectivity index (χ0n) is 24.9. The Morgan fingerprint density at radius 1 is 1.20 bits per heavy atom. The van der Waals surface area contributed by atoms with Crippen molar-refractivity contribution >= 4 is 33.2 Å². The Balaban J connectivity index is 1.34. The molecule has 0 amide bonds. The Kier molecular flexibility index (Phi) is 6.31. The summed E-state index contributed by atoms with van der Waals surface area (Å²) in [5.41, 5.74) is 7.62. The molecule has 4 aliphatic heterocycles. The molecule has 5 atom stereocenters. The number of piperazine rings is 1. The Morgan fingerprint density at radius 3 is 2.82 bits per heavy atom. The molecule has 6 heterocycles. The van der Waals surface area contributed by atoms with Gasteiger partial charge in [0.1, 0.15) is 35.1 Å². The highest BCUT2D eigenvalue weighted by molar-refractivity contribution is 6.04. The number of hydrogen-bond donors (Lipinski definition) is 2. The van der Waals surface area contributed by atoms with E-state index in [4.69, 9.17) is 31.6 Å². The predicted molar refractivity (Wildman–Crippen MR) is 165 cm³/mol. The first-order chi connectivity index (χ1) is 21.6. The lowest BCUT2D eigenvalue weighted by molar-refractivity contribution is 0.0136. The van der Waals surface area contributed by atoms with E-state index in [1.165, 1.54) is 0 Å². The summed E-state index contributed by atoms with van der Waals surface area (Å²) in [6.07, 6.45) is 7.16. The number of ether oxygens (including phenoxy) is 2. The standard InChI is InChI=1S/C33H32F3N7O2/c1-4-17-6-5-7-18-10-19(37)11-22(24(17)18)27-26(34)28-25-30(41-32(40-28)44-14-21-12-33(35,36)15-42(21)3)43-13-20-8-9-23(38-20)29(43)16(2)45-31(25)39-27/h1,5-7,10-11,16,20-21,23,29,38H,8-9,12-15,37H2,2-3H3/t16-,20+,21-,23-,29+/m0/s1. The van der Waals surface area contributed by atoms with Crippen molar-refractivity contribution in [3.05, 3.63) is 41.7 Å². The number of anilines is 2. The van der Waals surface area contributed by atoms with Gasteiger partial charge in [-0.25, -0.2) is 18.2 Å². The average molecular weight is 616 g/mol. The van der Waals surface area contributed by atoms with E-state index in [0.29, 0.717) is 39.9 Å². The minimum Gasteiger partial charge on any atom is -0.472 e. The highest BCUT2D eigenvalue weighted by Crippen LogP contribution is 2.45. The molecule has 0 unspecified atom stereocenters. The van der Waals surface area contributed by atoms with Crippen molar-refractivity contribution in [1.82, 2.24) is 25.2 Å². The van der Waals surface area contributed by atoms with Crippen molar-refractivity contribution in [3.63, 3.8) is 0 Å². The molecule has 0 spiro atoms. The van der Waals surface area contributed by atoms with Crippen molar-refractivity contribution in [2.24, 2.45) is 0 Å². The normalized spacial score (nSPS) is 26.8. The van der Waals surface area contributed by atoms with Crippen LogP contribution in [-0.4, -0.2) is 82.8 Å². The maximum Gasteiger partial charge on any atom is 0.319 e. The number of alkyl halides is 2. The van der Waals surface area contributed by atoms with Crippen molar-refractivity contribution in [3.8, 4) is 35.5 Å². The number of nitrogens with zero attached hydrogens (tertiary/aromatic N) is 5. The molecule has 3 fully saturated rings. The van der Waals surface area contributed by atoms with Gasteiger partial charge < -0.3 is 25.4 Å². The zero-order chi connectivity index (χ0) is 31.2. The van der Waals surface area contributed by atoms with Gasteiger partial charge in [-0.3, -0.25) is 4.90 Å². The molecule has 2 aromatic heterocycles.